The van der Waals surface area contributed by atoms with E-state index in [4.69, 9.17) is 15.2 Å². The number of carbonyl (C=O) groups excluding carboxylic acids is 1. The predicted molar refractivity (Wildman–Crippen MR) is 86.9 cm³/mol. The average molecular weight is 305 g/mol. The standard InChI is InChI=1S/C18H27NO3/c1-18(2,3)22-17(20)11-12-21-16-10-6-8-13-14(16)7-4-5-9-15(13)19/h6,8,10,15H,4-5,7,9,11-12,19H2,1-3H3. The molecule has 1 unspecified atom stereocenters. The van der Waals surface area contributed by atoms with Gasteiger partial charge in [0.1, 0.15) is 11.4 Å². The molecule has 4 heteroatoms. The summed E-state index contributed by atoms with van der Waals surface area (Å²) in [6.07, 6.45) is 4.55. The number of benzene rings is 1. The normalized spacial score (nSPS) is 18.3. The number of esters is 1. The van der Waals surface area contributed by atoms with Gasteiger partial charge in [-0.3, -0.25) is 4.79 Å². The first-order valence-electron chi connectivity index (χ1n) is 8.09. The molecule has 1 aliphatic rings. The second-order valence-corrected chi connectivity index (χ2v) is 6.86. The fraction of sp³-hybridized carbons (Fsp3) is 0.611. The van der Waals surface area contributed by atoms with Gasteiger partial charge in [0, 0.05) is 6.04 Å². The van der Waals surface area contributed by atoms with Crippen molar-refractivity contribution in [3.05, 3.63) is 29.3 Å². The van der Waals surface area contributed by atoms with Crippen LogP contribution in [0.3, 0.4) is 0 Å². The summed E-state index contributed by atoms with van der Waals surface area (Å²) in [5.41, 5.74) is 8.17. The van der Waals surface area contributed by atoms with Crippen LogP contribution in [-0.4, -0.2) is 18.2 Å². The Labute approximate surface area is 133 Å². The molecule has 2 N–H and O–H groups in total. The Balaban J connectivity index is 1.96. The Kier molecular flexibility index (Phi) is 5.46. The molecular formula is C18H27NO3. The molecule has 1 aromatic carbocycles. The number of rotatable bonds is 4. The van der Waals surface area contributed by atoms with Gasteiger partial charge in [-0.1, -0.05) is 18.6 Å². The molecule has 0 amide bonds. The lowest BCUT2D eigenvalue weighted by molar-refractivity contribution is -0.155. The smallest absolute Gasteiger partial charge is 0.309 e. The Bertz CT molecular complexity index is 520. The number of ether oxygens (including phenoxy) is 2. The van der Waals surface area contributed by atoms with Crippen LogP contribution in [0.25, 0.3) is 0 Å². The van der Waals surface area contributed by atoms with Gasteiger partial charge in [0.2, 0.25) is 0 Å². The van der Waals surface area contributed by atoms with Crippen LogP contribution in [0, 0.1) is 0 Å². The van der Waals surface area contributed by atoms with Gasteiger partial charge in [-0.05, 0) is 57.2 Å². The van der Waals surface area contributed by atoms with E-state index in [2.05, 4.69) is 6.07 Å². The number of hydrogen-bond acceptors (Lipinski definition) is 4. The molecule has 4 nitrogen and oxygen atoms in total. The quantitative estimate of drug-likeness (QED) is 0.683. The minimum absolute atomic E-state index is 0.0897. The van der Waals surface area contributed by atoms with Crippen LogP contribution in [-0.2, 0) is 16.0 Å². The van der Waals surface area contributed by atoms with E-state index in [1.54, 1.807) is 0 Å². The van der Waals surface area contributed by atoms with Crippen molar-refractivity contribution >= 4 is 5.97 Å². The van der Waals surface area contributed by atoms with Crippen molar-refractivity contribution in [1.29, 1.82) is 0 Å². The SMILES string of the molecule is CC(C)(C)OC(=O)CCOc1cccc2c1CCCCC2N. The molecule has 0 saturated carbocycles. The summed E-state index contributed by atoms with van der Waals surface area (Å²) in [7, 11) is 0. The van der Waals surface area contributed by atoms with E-state index >= 15 is 0 Å². The molecule has 2 rings (SSSR count). The lowest BCUT2D eigenvalue weighted by Gasteiger charge is -2.20. The molecule has 1 atom stereocenters. The third-order valence-corrected chi connectivity index (χ3v) is 3.74. The number of carbonyl (C=O) groups is 1. The van der Waals surface area contributed by atoms with Crippen LogP contribution < -0.4 is 10.5 Å². The fourth-order valence-corrected chi connectivity index (χ4v) is 2.79. The van der Waals surface area contributed by atoms with E-state index in [1.165, 1.54) is 11.1 Å². The molecule has 1 aliphatic carbocycles. The van der Waals surface area contributed by atoms with Gasteiger partial charge in [-0.25, -0.2) is 0 Å². The van der Waals surface area contributed by atoms with Gasteiger partial charge >= 0.3 is 5.97 Å². The highest BCUT2D eigenvalue weighted by molar-refractivity contribution is 5.70. The summed E-state index contributed by atoms with van der Waals surface area (Å²) in [5.74, 6) is 0.629. The van der Waals surface area contributed by atoms with Crippen molar-refractivity contribution in [3.8, 4) is 5.75 Å². The molecule has 0 aromatic heterocycles. The van der Waals surface area contributed by atoms with Gasteiger partial charge in [0.15, 0.2) is 0 Å². The largest absolute Gasteiger partial charge is 0.493 e. The van der Waals surface area contributed by atoms with E-state index < -0.39 is 5.60 Å². The molecule has 0 fully saturated rings. The van der Waals surface area contributed by atoms with E-state index in [-0.39, 0.29) is 18.4 Å². The third-order valence-electron chi connectivity index (χ3n) is 3.74. The van der Waals surface area contributed by atoms with Gasteiger partial charge in [0.25, 0.3) is 0 Å². The first kappa shape index (κ1) is 16.8. The second kappa shape index (κ2) is 7.14. The number of nitrogens with two attached hydrogens (primary N) is 1. The van der Waals surface area contributed by atoms with Gasteiger partial charge in [-0.15, -0.1) is 0 Å². The van der Waals surface area contributed by atoms with Crippen LogP contribution in [0.15, 0.2) is 18.2 Å². The molecular weight excluding hydrogens is 278 g/mol. The summed E-state index contributed by atoms with van der Waals surface area (Å²) in [4.78, 5) is 11.7. The van der Waals surface area contributed by atoms with Crippen molar-refractivity contribution in [2.45, 2.75) is 64.5 Å². The summed E-state index contributed by atoms with van der Waals surface area (Å²) in [5, 5.41) is 0. The minimum atomic E-state index is -0.451. The molecule has 22 heavy (non-hydrogen) atoms. The van der Waals surface area contributed by atoms with Crippen molar-refractivity contribution in [2.24, 2.45) is 5.73 Å². The van der Waals surface area contributed by atoms with Crippen LogP contribution in [0.1, 0.15) is 63.6 Å². The molecule has 0 saturated heterocycles. The predicted octanol–water partition coefficient (Wildman–Crippen LogP) is 3.52. The Morgan fingerprint density at radius 3 is 2.82 bits per heavy atom. The van der Waals surface area contributed by atoms with E-state index in [9.17, 15) is 4.79 Å². The van der Waals surface area contributed by atoms with E-state index in [1.807, 2.05) is 32.9 Å². The molecule has 0 bridgehead atoms. The zero-order chi connectivity index (χ0) is 16.2. The Morgan fingerprint density at radius 2 is 2.09 bits per heavy atom. The molecule has 1 aromatic rings. The minimum Gasteiger partial charge on any atom is -0.493 e. The van der Waals surface area contributed by atoms with E-state index in [0.717, 1.165) is 31.4 Å². The number of hydrogen-bond donors (Lipinski definition) is 1. The first-order valence-corrected chi connectivity index (χ1v) is 8.09. The topological polar surface area (TPSA) is 61.5 Å². The average Bonchev–Trinajstić information content (AvgIpc) is 2.60. The molecule has 0 radical (unpaired) electrons. The van der Waals surface area contributed by atoms with Crippen LogP contribution >= 0.6 is 0 Å². The zero-order valence-corrected chi connectivity index (χ0v) is 13.9. The molecule has 0 spiro atoms. The fourth-order valence-electron chi connectivity index (χ4n) is 2.79. The Hall–Kier alpha value is -1.55. The maximum Gasteiger partial charge on any atom is 0.309 e. The molecule has 0 heterocycles. The highest BCUT2D eigenvalue weighted by Crippen LogP contribution is 2.33. The van der Waals surface area contributed by atoms with Crippen LogP contribution in [0.5, 0.6) is 5.75 Å². The molecule has 122 valence electrons. The maximum atomic E-state index is 11.7. The second-order valence-electron chi connectivity index (χ2n) is 6.86. The van der Waals surface area contributed by atoms with Crippen LogP contribution in [0.2, 0.25) is 0 Å². The summed E-state index contributed by atoms with van der Waals surface area (Å²) < 4.78 is 11.1. The summed E-state index contributed by atoms with van der Waals surface area (Å²) in [6, 6.07) is 6.12. The summed E-state index contributed by atoms with van der Waals surface area (Å²) >= 11 is 0. The van der Waals surface area contributed by atoms with Gasteiger partial charge < -0.3 is 15.2 Å². The van der Waals surface area contributed by atoms with Crippen molar-refractivity contribution in [3.63, 3.8) is 0 Å². The summed E-state index contributed by atoms with van der Waals surface area (Å²) in [6.45, 7) is 5.93. The third kappa shape index (κ3) is 4.73. The van der Waals surface area contributed by atoms with Gasteiger partial charge in [0.05, 0.1) is 13.0 Å². The molecule has 0 aliphatic heterocycles. The highest BCUT2D eigenvalue weighted by Gasteiger charge is 2.19. The van der Waals surface area contributed by atoms with Crippen LogP contribution in [0.4, 0.5) is 0 Å². The number of fused-ring (bicyclic) bond motifs is 1. The van der Waals surface area contributed by atoms with Gasteiger partial charge in [-0.2, -0.15) is 0 Å². The van der Waals surface area contributed by atoms with Crippen molar-refractivity contribution < 1.29 is 14.3 Å². The maximum absolute atomic E-state index is 11.7. The highest BCUT2D eigenvalue weighted by atomic mass is 16.6. The van der Waals surface area contributed by atoms with Crippen molar-refractivity contribution in [2.75, 3.05) is 6.61 Å². The van der Waals surface area contributed by atoms with E-state index in [0.29, 0.717) is 6.61 Å². The lowest BCUT2D eigenvalue weighted by atomic mass is 9.99. The zero-order valence-electron chi connectivity index (χ0n) is 13.9. The monoisotopic (exact) mass is 305 g/mol. The lowest BCUT2D eigenvalue weighted by Crippen LogP contribution is -2.24. The first-order chi connectivity index (χ1) is 10.4. The Morgan fingerprint density at radius 1 is 1.32 bits per heavy atom. The van der Waals surface area contributed by atoms with Crippen molar-refractivity contribution in [1.82, 2.24) is 0 Å².